The van der Waals surface area contributed by atoms with Crippen LogP contribution in [0, 0.1) is 5.41 Å². The number of amides is 1. The van der Waals surface area contributed by atoms with E-state index in [9.17, 15) is 13.2 Å². The summed E-state index contributed by atoms with van der Waals surface area (Å²) in [6, 6.07) is 0. The Hall–Kier alpha value is -1.61. The second-order valence-corrected chi connectivity index (χ2v) is 6.97. The predicted molar refractivity (Wildman–Crippen MR) is 68.3 cm³/mol. The number of aromatic nitrogens is 2. The average Bonchev–Trinajstić information content (AvgIpc) is 2.84. The van der Waals surface area contributed by atoms with Crippen LogP contribution in [0.3, 0.4) is 0 Å². The van der Waals surface area contributed by atoms with Crippen LogP contribution in [0.15, 0.2) is 11.1 Å². The van der Waals surface area contributed by atoms with Crippen LogP contribution < -0.4 is 11.5 Å². The van der Waals surface area contributed by atoms with Gasteiger partial charge in [0, 0.05) is 26.3 Å². The minimum Gasteiger partial charge on any atom is -0.381 e. The van der Waals surface area contributed by atoms with E-state index in [1.54, 1.807) is 14.0 Å². The highest BCUT2D eigenvalue weighted by atomic mass is 32.2. The molecule has 19 heavy (non-hydrogen) atoms. The fraction of sp³-hybridized carbons (Fsp3) is 0.600. The molecule has 0 spiro atoms. The summed E-state index contributed by atoms with van der Waals surface area (Å²) in [6.07, 6.45) is 1.76. The molecule has 2 rings (SSSR count). The van der Waals surface area contributed by atoms with E-state index in [0.717, 1.165) is 0 Å². The third-order valence-electron chi connectivity index (χ3n) is 3.47. The first-order valence-electron chi connectivity index (χ1n) is 5.76. The molecular formula is C10H17N5O3S. The number of carbonyl (C=O) groups is 1. The van der Waals surface area contributed by atoms with E-state index in [4.69, 9.17) is 11.5 Å². The van der Waals surface area contributed by atoms with Crippen molar-refractivity contribution >= 4 is 21.7 Å². The van der Waals surface area contributed by atoms with Crippen LogP contribution in [0.1, 0.15) is 13.3 Å². The van der Waals surface area contributed by atoms with Crippen molar-refractivity contribution in [3.63, 3.8) is 0 Å². The zero-order valence-corrected chi connectivity index (χ0v) is 11.6. The van der Waals surface area contributed by atoms with Crippen molar-refractivity contribution in [2.24, 2.45) is 18.2 Å². The van der Waals surface area contributed by atoms with Crippen molar-refractivity contribution < 1.29 is 13.2 Å². The molecule has 0 aliphatic carbocycles. The molecule has 1 aromatic heterocycles. The maximum Gasteiger partial charge on any atom is 0.248 e. The molecule has 8 nitrogen and oxygen atoms in total. The van der Waals surface area contributed by atoms with Crippen LogP contribution in [0.4, 0.5) is 5.82 Å². The Morgan fingerprint density at radius 1 is 1.53 bits per heavy atom. The van der Waals surface area contributed by atoms with Crippen molar-refractivity contribution in [2.75, 3.05) is 18.8 Å². The fourth-order valence-corrected chi connectivity index (χ4v) is 3.80. The molecule has 1 fully saturated rings. The topological polar surface area (TPSA) is 124 Å². The van der Waals surface area contributed by atoms with Gasteiger partial charge in [-0.1, -0.05) is 0 Å². The predicted octanol–water partition coefficient (Wildman–Crippen LogP) is -1.11. The maximum absolute atomic E-state index is 12.4. The van der Waals surface area contributed by atoms with E-state index in [1.807, 2.05) is 0 Å². The Labute approximate surface area is 111 Å². The normalized spacial score (nSPS) is 24.7. The van der Waals surface area contributed by atoms with Gasteiger partial charge in [0.15, 0.2) is 5.82 Å². The number of rotatable bonds is 3. The Bertz CT molecular complexity index is 623. The van der Waals surface area contributed by atoms with Crippen molar-refractivity contribution in [1.29, 1.82) is 0 Å². The molecule has 2 heterocycles. The Morgan fingerprint density at radius 2 is 2.16 bits per heavy atom. The number of nitrogens with zero attached hydrogens (tertiary/aromatic N) is 3. The number of nitrogens with two attached hydrogens (primary N) is 2. The van der Waals surface area contributed by atoms with Gasteiger partial charge in [0.25, 0.3) is 0 Å². The smallest absolute Gasteiger partial charge is 0.248 e. The van der Waals surface area contributed by atoms with Crippen LogP contribution in [0.2, 0.25) is 0 Å². The monoisotopic (exact) mass is 287 g/mol. The van der Waals surface area contributed by atoms with Gasteiger partial charge in [0.05, 0.1) is 5.41 Å². The first-order valence-corrected chi connectivity index (χ1v) is 7.20. The third-order valence-corrected chi connectivity index (χ3v) is 5.33. The van der Waals surface area contributed by atoms with Gasteiger partial charge in [-0.05, 0) is 13.3 Å². The molecule has 0 radical (unpaired) electrons. The van der Waals surface area contributed by atoms with E-state index in [2.05, 4.69) is 5.10 Å². The molecule has 9 heteroatoms. The van der Waals surface area contributed by atoms with Gasteiger partial charge in [0.1, 0.15) is 4.90 Å². The van der Waals surface area contributed by atoms with E-state index in [-0.39, 0.29) is 23.8 Å². The summed E-state index contributed by atoms with van der Waals surface area (Å²) in [5.41, 5.74) is 10.1. The highest BCUT2D eigenvalue weighted by molar-refractivity contribution is 7.89. The van der Waals surface area contributed by atoms with Crippen LogP contribution >= 0.6 is 0 Å². The van der Waals surface area contributed by atoms with Gasteiger partial charge in [-0.3, -0.25) is 9.48 Å². The lowest BCUT2D eigenvalue weighted by Crippen LogP contribution is -2.38. The summed E-state index contributed by atoms with van der Waals surface area (Å²) < 4.78 is 27.4. The largest absolute Gasteiger partial charge is 0.381 e. The lowest BCUT2D eigenvalue weighted by atomic mass is 9.89. The number of sulfonamides is 1. The molecule has 1 aliphatic heterocycles. The molecule has 1 atom stereocenters. The van der Waals surface area contributed by atoms with Gasteiger partial charge in [-0.2, -0.15) is 9.40 Å². The zero-order valence-electron chi connectivity index (χ0n) is 10.8. The molecule has 1 aromatic rings. The number of anilines is 1. The third kappa shape index (κ3) is 2.19. The standard InChI is InChI=1S/C10H17N5O3S/c1-10(9(12)16)3-4-15(6-10)19(17,18)7-5-14(2)13-8(7)11/h5H,3-4,6H2,1-2H3,(H2,11,13)(H2,12,16). The second kappa shape index (κ2) is 4.20. The molecule has 4 N–H and O–H groups in total. The van der Waals surface area contributed by atoms with E-state index in [1.165, 1.54) is 15.2 Å². The molecule has 0 saturated carbocycles. The highest BCUT2D eigenvalue weighted by Crippen LogP contribution is 2.34. The van der Waals surface area contributed by atoms with Crippen LogP contribution in [0.25, 0.3) is 0 Å². The maximum atomic E-state index is 12.4. The van der Waals surface area contributed by atoms with Crippen molar-refractivity contribution in [3.05, 3.63) is 6.20 Å². The summed E-state index contributed by atoms with van der Waals surface area (Å²) in [7, 11) is -2.15. The molecule has 0 bridgehead atoms. The van der Waals surface area contributed by atoms with Gasteiger partial charge >= 0.3 is 0 Å². The van der Waals surface area contributed by atoms with E-state index >= 15 is 0 Å². The molecular weight excluding hydrogens is 270 g/mol. The number of carbonyl (C=O) groups excluding carboxylic acids is 1. The number of nitrogen functional groups attached to an aromatic ring is 1. The fourth-order valence-electron chi connectivity index (χ4n) is 2.15. The minimum absolute atomic E-state index is 0.0382. The van der Waals surface area contributed by atoms with E-state index < -0.39 is 21.3 Å². The first-order chi connectivity index (χ1) is 8.67. The van der Waals surface area contributed by atoms with Gasteiger partial charge in [-0.15, -0.1) is 0 Å². The minimum atomic E-state index is -3.74. The van der Waals surface area contributed by atoms with Crippen molar-refractivity contribution in [3.8, 4) is 0 Å². The average molecular weight is 287 g/mol. The number of hydrogen-bond donors (Lipinski definition) is 2. The summed E-state index contributed by atoms with van der Waals surface area (Å²) in [5, 5.41) is 3.82. The summed E-state index contributed by atoms with van der Waals surface area (Å²) >= 11 is 0. The van der Waals surface area contributed by atoms with Crippen LogP contribution in [-0.2, 0) is 21.9 Å². The quantitative estimate of drug-likeness (QED) is 0.729. The Morgan fingerprint density at radius 3 is 2.58 bits per heavy atom. The molecule has 1 aliphatic rings. The molecule has 1 unspecified atom stereocenters. The van der Waals surface area contributed by atoms with Gasteiger partial charge in [-0.25, -0.2) is 8.42 Å². The van der Waals surface area contributed by atoms with Crippen molar-refractivity contribution in [1.82, 2.24) is 14.1 Å². The lowest BCUT2D eigenvalue weighted by Gasteiger charge is -2.20. The summed E-state index contributed by atoms with van der Waals surface area (Å²) in [5.74, 6) is -0.542. The van der Waals surface area contributed by atoms with Crippen LogP contribution in [-0.4, -0.2) is 41.5 Å². The highest BCUT2D eigenvalue weighted by Gasteiger charge is 2.44. The molecule has 0 aromatic carbocycles. The molecule has 1 amide bonds. The second-order valence-electron chi connectivity index (χ2n) is 5.07. The Balaban J connectivity index is 2.33. The first kappa shape index (κ1) is 13.8. The Kier molecular flexibility index (Phi) is 3.06. The number of primary amides is 1. The number of aryl methyl sites for hydroxylation is 1. The summed E-state index contributed by atoms with van der Waals surface area (Å²) in [6.45, 7) is 1.98. The van der Waals surface area contributed by atoms with Crippen molar-refractivity contribution in [2.45, 2.75) is 18.2 Å². The lowest BCUT2D eigenvalue weighted by molar-refractivity contribution is -0.126. The number of hydrogen-bond acceptors (Lipinski definition) is 5. The SMILES string of the molecule is Cn1cc(S(=O)(=O)N2CCC(C)(C(N)=O)C2)c(N)n1. The van der Waals surface area contributed by atoms with E-state index in [0.29, 0.717) is 6.42 Å². The van der Waals surface area contributed by atoms with Crippen LogP contribution in [0.5, 0.6) is 0 Å². The summed E-state index contributed by atoms with van der Waals surface area (Å²) in [4.78, 5) is 11.3. The van der Waals surface area contributed by atoms with Gasteiger partial charge in [0.2, 0.25) is 15.9 Å². The zero-order chi connectivity index (χ0) is 14.4. The molecule has 106 valence electrons. The van der Waals surface area contributed by atoms with Gasteiger partial charge < -0.3 is 11.5 Å². The molecule has 1 saturated heterocycles.